The lowest BCUT2D eigenvalue weighted by molar-refractivity contribution is 0.415. The van der Waals surface area contributed by atoms with E-state index in [0.29, 0.717) is 27.5 Å². The van der Waals surface area contributed by atoms with Crippen LogP contribution in [0.3, 0.4) is 0 Å². The number of nitrogens with zero attached hydrogens (tertiary/aromatic N) is 3. The maximum Gasteiger partial charge on any atom is 0.200 e. The minimum atomic E-state index is -0.0750. The lowest BCUT2D eigenvalue weighted by Crippen LogP contribution is -2.10. The number of methoxy groups -OCH3 is 1. The van der Waals surface area contributed by atoms with E-state index >= 15 is 0 Å². The maximum atomic E-state index is 10.5. The average Bonchev–Trinajstić information content (AvgIpc) is 3.02. The van der Waals surface area contributed by atoms with E-state index in [9.17, 15) is 10.2 Å². The molecular weight excluding hydrogens is 376 g/mol. The van der Waals surface area contributed by atoms with Crippen molar-refractivity contribution in [1.82, 2.24) is 14.8 Å². The molecule has 0 atom stereocenters. The minimum absolute atomic E-state index is 0.0499. The van der Waals surface area contributed by atoms with E-state index in [1.807, 2.05) is 51.0 Å². The molecule has 0 unspecified atom stereocenters. The third kappa shape index (κ3) is 3.43. The monoisotopic (exact) mass is 400 g/mol. The Morgan fingerprint density at radius 2 is 1.86 bits per heavy atom. The molecule has 3 rings (SSSR count). The molecule has 0 saturated heterocycles. The summed E-state index contributed by atoms with van der Waals surface area (Å²) < 4.78 is 7.63. The number of nitrogens with one attached hydrogen (secondary N) is 1. The molecule has 2 aromatic carbocycles. The summed E-state index contributed by atoms with van der Waals surface area (Å²) in [6.07, 6.45) is 0. The summed E-state index contributed by atoms with van der Waals surface area (Å²) in [6.45, 7) is 3.94. The van der Waals surface area contributed by atoms with E-state index in [2.05, 4.69) is 10.2 Å². The van der Waals surface area contributed by atoms with Crippen LogP contribution >= 0.6 is 12.2 Å². The van der Waals surface area contributed by atoms with E-state index < -0.39 is 0 Å². The molecule has 3 N–H and O–H groups in total. The van der Waals surface area contributed by atoms with Gasteiger partial charge in [-0.05, 0) is 41.9 Å². The molecule has 8 heteroatoms. The average molecular weight is 401 g/mol. The third-order valence-electron chi connectivity index (χ3n) is 4.58. The molecule has 0 saturated carbocycles. The first-order valence-electron chi connectivity index (χ1n) is 8.84. The van der Waals surface area contributed by atoms with Crippen LogP contribution in [0.4, 0.5) is 5.69 Å². The standard InChI is InChI=1S/C20H24N4O3S/c1-11(2)13-9-14(17(26)10-16(13)25)19-21-22-20(28)24(19)12-6-7-15(23(3)4)18(8-12)27-5/h6-11,25-26H,1-5H3,(H,22,28). The zero-order valence-corrected chi connectivity index (χ0v) is 17.3. The van der Waals surface area contributed by atoms with Gasteiger partial charge in [0.25, 0.3) is 0 Å². The number of ether oxygens (including phenoxy) is 1. The Morgan fingerprint density at radius 1 is 1.14 bits per heavy atom. The highest BCUT2D eigenvalue weighted by Crippen LogP contribution is 2.38. The largest absolute Gasteiger partial charge is 0.508 e. The lowest BCUT2D eigenvalue weighted by Gasteiger charge is -2.18. The second kappa shape index (κ2) is 7.55. The van der Waals surface area contributed by atoms with Crippen LogP contribution in [0.15, 0.2) is 30.3 Å². The van der Waals surface area contributed by atoms with Crippen molar-refractivity contribution >= 4 is 17.9 Å². The molecule has 3 aromatic rings. The summed E-state index contributed by atoms with van der Waals surface area (Å²) >= 11 is 5.43. The van der Waals surface area contributed by atoms with Gasteiger partial charge in [0.05, 0.1) is 24.0 Å². The highest BCUT2D eigenvalue weighted by Gasteiger charge is 2.19. The molecule has 7 nitrogen and oxygen atoms in total. The molecule has 148 valence electrons. The summed E-state index contributed by atoms with van der Waals surface area (Å²) in [5.41, 5.74) is 2.87. The van der Waals surface area contributed by atoms with E-state index in [4.69, 9.17) is 17.0 Å². The Kier molecular flexibility index (Phi) is 5.33. The number of H-pyrrole nitrogens is 1. The molecule has 1 aromatic heterocycles. The smallest absolute Gasteiger partial charge is 0.200 e. The first kappa shape index (κ1) is 19.8. The van der Waals surface area contributed by atoms with Crippen molar-refractivity contribution in [3.05, 3.63) is 40.7 Å². The molecule has 28 heavy (non-hydrogen) atoms. The van der Waals surface area contributed by atoms with Gasteiger partial charge in [-0.1, -0.05) is 13.8 Å². The number of aromatic amines is 1. The summed E-state index contributed by atoms with van der Waals surface area (Å²) in [7, 11) is 5.49. The van der Waals surface area contributed by atoms with Crippen LogP contribution in [0.2, 0.25) is 0 Å². The van der Waals surface area contributed by atoms with E-state index in [1.54, 1.807) is 17.7 Å². The van der Waals surface area contributed by atoms with E-state index in [1.165, 1.54) is 6.07 Å². The van der Waals surface area contributed by atoms with Gasteiger partial charge in [0.15, 0.2) is 10.6 Å². The molecule has 0 aliphatic rings. The fourth-order valence-corrected chi connectivity index (χ4v) is 3.37. The molecule has 0 radical (unpaired) electrons. The molecular formula is C20H24N4O3S. The van der Waals surface area contributed by atoms with Crippen molar-refractivity contribution in [2.24, 2.45) is 0 Å². The second-order valence-electron chi connectivity index (χ2n) is 7.02. The van der Waals surface area contributed by atoms with Crippen molar-refractivity contribution in [1.29, 1.82) is 0 Å². The predicted octanol–water partition coefficient (Wildman–Crippen LogP) is 4.21. The van der Waals surface area contributed by atoms with Crippen LogP contribution < -0.4 is 9.64 Å². The van der Waals surface area contributed by atoms with Crippen LogP contribution in [0.5, 0.6) is 17.2 Å². The fourth-order valence-electron chi connectivity index (χ4n) is 3.13. The Labute approximate surface area is 168 Å². The molecule has 0 bridgehead atoms. The number of benzene rings is 2. The fraction of sp³-hybridized carbons (Fsp3) is 0.300. The number of phenolic OH excluding ortho intramolecular Hbond substituents is 2. The molecule has 0 fully saturated rings. The normalized spacial score (nSPS) is 11.1. The SMILES string of the molecule is COc1cc(-n2c(-c3cc(C(C)C)c(O)cc3O)n[nH]c2=S)ccc1N(C)C. The zero-order valence-electron chi connectivity index (χ0n) is 16.5. The van der Waals surface area contributed by atoms with Crippen LogP contribution in [0.25, 0.3) is 17.1 Å². The summed E-state index contributed by atoms with van der Waals surface area (Å²) in [5.74, 6) is 1.19. The number of hydrogen-bond acceptors (Lipinski definition) is 6. The Balaban J connectivity index is 2.22. The zero-order chi connectivity index (χ0) is 20.6. The van der Waals surface area contributed by atoms with Crippen LogP contribution in [0, 0.1) is 4.77 Å². The number of rotatable bonds is 5. The number of hydrogen-bond donors (Lipinski definition) is 3. The number of anilines is 1. The predicted molar refractivity (Wildman–Crippen MR) is 112 cm³/mol. The highest BCUT2D eigenvalue weighted by atomic mass is 32.1. The van der Waals surface area contributed by atoms with E-state index in [-0.39, 0.29) is 17.4 Å². The molecule has 0 spiro atoms. The topological polar surface area (TPSA) is 86.5 Å². The maximum absolute atomic E-state index is 10.5. The van der Waals surface area contributed by atoms with Gasteiger partial charge in [-0.3, -0.25) is 9.67 Å². The van der Waals surface area contributed by atoms with Crippen molar-refractivity contribution in [2.75, 3.05) is 26.1 Å². The third-order valence-corrected chi connectivity index (χ3v) is 4.86. The second-order valence-corrected chi connectivity index (χ2v) is 7.41. The van der Waals surface area contributed by atoms with Gasteiger partial charge in [-0.15, -0.1) is 0 Å². The summed E-state index contributed by atoms with van der Waals surface area (Å²) in [4.78, 5) is 1.96. The Hall–Kier alpha value is -3.00. The van der Waals surface area contributed by atoms with Crippen molar-refractivity contribution in [3.63, 3.8) is 0 Å². The Bertz CT molecular complexity index is 1070. The van der Waals surface area contributed by atoms with Crippen molar-refractivity contribution in [2.45, 2.75) is 19.8 Å². The van der Waals surface area contributed by atoms with Gasteiger partial charge in [0, 0.05) is 26.2 Å². The van der Waals surface area contributed by atoms with Gasteiger partial charge in [0.1, 0.15) is 17.2 Å². The highest BCUT2D eigenvalue weighted by molar-refractivity contribution is 7.71. The van der Waals surface area contributed by atoms with Crippen LogP contribution in [-0.4, -0.2) is 46.2 Å². The van der Waals surface area contributed by atoms with Crippen molar-refractivity contribution < 1.29 is 14.9 Å². The van der Waals surface area contributed by atoms with Gasteiger partial charge in [-0.25, -0.2) is 0 Å². The molecule has 1 heterocycles. The van der Waals surface area contributed by atoms with Gasteiger partial charge in [0.2, 0.25) is 0 Å². The van der Waals surface area contributed by atoms with Gasteiger partial charge in [-0.2, -0.15) is 5.10 Å². The summed E-state index contributed by atoms with van der Waals surface area (Å²) in [5, 5.41) is 27.7. The first-order valence-corrected chi connectivity index (χ1v) is 9.24. The van der Waals surface area contributed by atoms with Gasteiger partial charge < -0.3 is 19.8 Å². The lowest BCUT2D eigenvalue weighted by atomic mass is 9.98. The van der Waals surface area contributed by atoms with Crippen molar-refractivity contribution in [3.8, 4) is 34.3 Å². The number of aromatic hydroxyl groups is 2. The molecule has 0 amide bonds. The Morgan fingerprint density at radius 3 is 2.46 bits per heavy atom. The van der Waals surface area contributed by atoms with E-state index in [0.717, 1.165) is 11.4 Å². The quantitative estimate of drug-likeness (QED) is 0.556. The molecule has 0 aliphatic carbocycles. The molecule has 0 aliphatic heterocycles. The number of aromatic nitrogens is 3. The minimum Gasteiger partial charge on any atom is -0.508 e. The van der Waals surface area contributed by atoms with Crippen LogP contribution in [0.1, 0.15) is 25.3 Å². The first-order chi connectivity index (χ1) is 13.2. The van der Waals surface area contributed by atoms with Gasteiger partial charge >= 0.3 is 0 Å². The van der Waals surface area contributed by atoms with Crippen LogP contribution in [-0.2, 0) is 0 Å². The summed E-state index contributed by atoms with van der Waals surface area (Å²) in [6, 6.07) is 8.78. The number of phenols is 2.